The van der Waals surface area contributed by atoms with Gasteiger partial charge in [-0.1, -0.05) is 39.7 Å². The summed E-state index contributed by atoms with van der Waals surface area (Å²) >= 11 is 9.77. The zero-order chi connectivity index (χ0) is 14.7. The Hall–Kier alpha value is -0.840. The van der Waals surface area contributed by atoms with Crippen LogP contribution >= 0.6 is 27.5 Å². The molecule has 0 saturated heterocycles. The average molecular weight is 357 g/mol. The van der Waals surface area contributed by atoms with E-state index < -0.39 is 0 Å². The summed E-state index contributed by atoms with van der Waals surface area (Å²) in [5.74, 6) is 0. The van der Waals surface area contributed by atoms with Gasteiger partial charge in [-0.15, -0.1) is 0 Å². The molecule has 0 aliphatic heterocycles. The second-order valence-electron chi connectivity index (χ2n) is 5.00. The molecule has 1 aromatic heterocycles. The predicted octanol–water partition coefficient (Wildman–Crippen LogP) is 3.52. The van der Waals surface area contributed by atoms with Gasteiger partial charge in [0.05, 0.1) is 5.69 Å². The highest BCUT2D eigenvalue weighted by atomic mass is 79.9. The standard InChI is InChI=1S/C15H19BrClN3/c1-10-14(15(17)20(3)19-10)9-13(18-2)8-11-4-6-12(16)7-5-11/h4-7,13,18H,8-9H2,1-3H3. The fourth-order valence-corrected chi connectivity index (χ4v) is 2.85. The van der Waals surface area contributed by atoms with Crippen LogP contribution in [0.4, 0.5) is 0 Å². The Morgan fingerprint density at radius 3 is 2.45 bits per heavy atom. The molecule has 0 radical (unpaired) electrons. The minimum absolute atomic E-state index is 0.344. The minimum Gasteiger partial charge on any atom is -0.316 e. The molecule has 0 aliphatic rings. The van der Waals surface area contributed by atoms with Crippen molar-refractivity contribution in [1.82, 2.24) is 15.1 Å². The fraction of sp³-hybridized carbons (Fsp3) is 0.400. The van der Waals surface area contributed by atoms with Crippen LogP contribution in [0.3, 0.4) is 0 Å². The zero-order valence-electron chi connectivity index (χ0n) is 12.0. The number of halogens is 2. The van der Waals surface area contributed by atoms with Crippen LogP contribution in [0.2, 0.25) is 5.15 Å². The van der Waals surface area contributed by atoms with Gasteiger partial charge in [0, 0.05) is 23.1 Å². The van der Waals surface area contributed by atoms with Crippen molar-refractivity contribution in [3.05, 3.63) is 50.7 Å². The van der Waals surface area contributed by atoms with Gasteiger partial charge in [-0.25, -0.2) is 0 Å². The molecule has 1 aromatic carbocycles. The van der Waals surface area contributed by atoms with Crippen molar-refractivity contribution in [3.8, 4) is 0 Å². The van der Waals surface area contributed by atoms with E-state index in [2.05, 4.69) is 50.6 Å². The number of nitrogens with zero attached hydrogens (tertiary/aromatic N) is 2. The average Bonchev–Trinajstić information content (AvgIpc) is 2.66. The molecule has 3 nitrogen and oxygen atoms in total. The minimum atomic E-state index is 0.344. The van der Waals surface area contributed by atoms with E-state index in [1.54, 1.807) is 4.68 Å². The maximum Gasteiger partial charge on any atom is 0.130 e. The lowest BCUT2D eigenvalue weighted by molar-refractivity contribution is 0.555. The lowest BCUT2D eigenvalue weighted by Crippen LogP contribution is -2.30. The fourth-order valence-electron chi connectivity index (χ4n) is 2.33. The molecule has 5 heteroatoms. The highest BCUT2D eigenvalue weighted by Gasteiger charge is 2.16. The van der Waals surface area contributed by atoms with Crippen LogP contribution in [0, 0.1) is 6.92 Å². The molecule has 0 fully saturated rings. The first-order chi connectivity index (χ1) is 9.51. The molecule has 1 atom stereocenters. The van der Waals surface area contributed by atoms with Crippen LogP contribution in [-0.4, -0.2) is 22.9 Å². The van der Waals surface area contributed by atoms with Gasteiger partial charge in [0.1, 0.15) is 5.15 Å². The predicted molar refractivity (Wildman–Crippen MR) is 87.4 cm³/mol. The van der Waals surface area contributed by atoms with Crippen molar-refractivity contribution in [2.45, 2.75) is 25.8 Å². The molecule has 20 heavy (non-hydrogen) atoms. The van der Waals surface area contributed by atoms with Gasteiger partial charge < -0.3 is 5.32 Å². The Kier molecular flexibility index (Phi) is 5.24. The third-order valence-corrected chi connectivity index (χ3v) is 4.53. The van der Waals surface area contributed by atoms with Crippen LogP contribution in [0.15, 0.2) is 28.7 Å². The number of hydrogen-bond donors (Lipinski definition) is 1. The van der Waals surface area contributed by atoms with Gasteiger partial charge in [0.2, 0.25) is 0 Å². The number of rotatable bonds is 5. The molecule has 1 heterocycles. The van der Waals surface area contributed by atoms with Gasteiger partial charge in [-0.2, -0.15) is 5.10 Å². The Bertz CT molecular complexity index is 578. The summed E-state index contributed by atoms with van der Waals surface area (Å²) in [6, 6.07) is 8.78. The normalized spacial score (nSPS) is 12.7. The summed E-state index contributed by atoms with van der Waals surface area (Å²) in [6.45, 7) is 2.01. The first kappa shape index (κ1) is 15.5. The summed E-state index contributed by atoms with van der Waals surface area (Å²) in [6.07, 6.45) is 1.85. The number of aromatic nitrogens is 2. The van der Waals surface area contributed by atoms with Crippen molar-refractivity contribution in [2.24, 2.45) is 7.05 Å². The number of aryl methyl sites for hydroxylation is 2. The van der Waals surface area contributed by atoms with Crippen molar-refractivity contribution < 1.29 is 0 Å². The first-order valence-corrected chi connectivity index (χ1v) is 7.78. The van der Waals surface area contributed by atoms with Gasteiger partial charge >= 0.3 is 0 Å². The van der Waals surface area contributed by atoms with Gasteiger partial charge in [0.15, 0.2) is 0 Å². The Morgan fingerprint density at radius 2 is 1.95 bits per heavy atom. The van der Waals surface area contributed by atoms with Crippen LogP contribution in [0.1, 0.15) is 16.8 Å². The summed E-state index contributed by atoms with van der Waals surface area (Å²) in [7, 11) is 3.87. The van der Waals surface area contributed by atoms with Crippen molar-refractivity contribution >= 4 is 27.5 Å². The molecule has 2 rings (SSSR count). The quantitative estimate of drug-likeness (QED) is 0.888. The van der Waals surface area contributed by atoms with Crippen molar-refractivity contribution in [1.29, 1.82) is 0 Å². The molecule has 0 amide bonds. The van der Waals surface area contributed by atoms with E-state index in [9.17, 15) is 0 Å². The van der Waals surface area contributed by atoms with Crippen molar-refractivity contribution in [3.63, 3.8) is 0 Å². The topological polar surface area (TPSA) is 29.9 Å². The van der Waals surface area contributed by atoms with Gasteiger partial charge in [0.25, 0.3) is 0 Å². The Balaban J connectivity index is 2.11. The van der Waals surface area contributed by atoms with E-state index in [0.29, 0.717) is 6.04 Å². The van der Waals surface area contributed by atoms with Crippen LogP contribution in [-0.2, 0) is 19.9 Å². The summed E-state index contributed by atoms with van der Waals surface area (Å²) in [5.41, 5.74) is 3.45. The number of benzene rings is 1. The lowest BCUT2D eigenvalue weighted by Gasteiger charge is -2.16. The number of nitrogens with one attached hydrogen (secondary N) is 1. The molecule has 2 aromatic rings. The van der Waals surface area contributed by atoms with Crippen LogP contribution < -0.4 is 5.32 Å². The second-order valence-corrected chi connectivity index (χ2v) is 6.27. The Morgan fingerprint density at radius 1 is 1.30 bits per heavy atom. The van der Waals surface area contributed by atoms with E-state index in [1.807, 2.05) is 21.0 Å². The third kappa shape index (κ3) is 3.62. The lowest BCUT2D eigenvalue weighted by atomic mass is 9.99. The highest BCUT2D eigenvalue weighted by molar-refractivity contribution is 9.10. The van der Waals surface area contributed by atoms with Gasteiger partial charge in [-0.05, 0) is 44.5 Å². The number of hydrogen-bond acceptors (Lipinski definition) is 2. The summed E-state index contributed by atoms with van der Waals surface area (Å²) < 4.78 is 2.84. The maximum absolute atomic E-state index is 6.31. The molecular formula is C15H19BrClN3. The Labute approximate surface area is 133 Å². The van der Waals surface area contributed by atoms with Gasteiger partial charge in [-0.3, -0.25) is 4.68 Å². The van der Waals surface area contributed by atoms with Crippen LogP contribution in [0.5, 0.6) is 0 Å². The first-order valence-electron chi connectivity index (χ1n) is 6.61. The largest absolute Gasteiger partial charge is 0.316 e. The third-order valence-electron chi connectivity index (χ3n) is 3.52. The smallest absolute Gasteiger partial charge is 0.130 e. The molecular weight excluding hydrogens is 338 g/mol. The molecule has 1 N–H and O–H groups in total. The van der Waals surface area contributed by atoms with Crippen LogP contribution in [0.25, 0.3) is 0 Å². The highest BCUT2D eigenvalue weighted by Crippen LogP contribution is 2.21. The molecule has 0 aliphatic carbocycles. The van der Waals surface area contributed by atoms with E-state index >= 15 is 0 Å². The maximum atomic E-state index is 6.31. The van der Waals surface area contributed by atoms with E-state index in [-0.39, 0.29) is 0 Å². The van der Waals surface area contributed by atoms with Crippen molar-refractivity contribution in [2.75, 3.05) is 7.05 Å². The van der Waals surface area contributed by atoms with E-state index in [4.69, 9.17) is 11.6 Å². The summed E-state index contributed by atoms with van der Waals surface area (Å²) in [4.78, 5) is 0. The van der Waals surface area contributed by atoms with E-state index in [1.165, 1.54) is 5.56 Å². The van der Waals surface area contributed by atoms with E-state index in [0.717, 1.165) is 33.7 Å². The second kappa shape index (κ2) is 6.74. The SMILES string of the molecule is CNC(Cc1ccc(Br)cc1)Cc1c(C)nn(C)c1Cl. The summed E-state index contributed by atoms with van der Waals surface area (Å²) in [5, 5.41) is 8.47. The number of likely N-dealkylation sites (N-methyl/N-ethyl adjacent to an activating group) is 1. The monoisotopic (exact) mass is 355 g/mol. The molecule has 1 unspecified atom stereocenters. The molecule has 0 bridgehead atoms. The molecule has 0 spiro atoms. The molecule has 0 saturated carbocycles. The zero-order valence-corrected chi connectivity index (χ0v) is 14.3. The molecule has 108 valence electrons.